The molecular weight excluding hydrogens is 345 g/mol. The van der Waals surface area contributed by atoms with Gasteiger partial charge in [-0.15, -0.1) is 0 Å². The summed E-state index contributed by atoms with van der Waals surface area (Å²) in [6, 6.07) is 1.48. The Balaban J connectivity index is 2.21. The second kappa shape index (κ2) is 6.05. The van der Waals surface area contributed by atoms with Crippen molar-refractivity contribution in [2.24, 2.45) is 5.92 Å². The molecule has 0 bridgehead atoms. The first-order valence-electron chi connectivity index (χ1n) is 5.60. The quantitative estimate of drug-likeness (QED) is 0.354. The van der Waals surface area contributed by atoms with Crippen LogP contribution in [0, 0.1) is 5.92 Å². The van der Waals surface area contributed by atoms with Gasteiger partial charge in [-0.05, 0) is 6.26 Å². The predicted octanol–water partition coefficient (Wildman–Crippen LogP) is 1.77. The van der Waals surface area contributed by atoms with E-state index in [4.69, 9.17) is 22.3 Å². The number of amides is 1. The van der Waals surface area contributed by atoms with Crippen molar-refractivity contribution < 1.29 is 13.2 Å². The van der Waals surface area contributed by atoms with Gasteiger partial charge >= 0.3 is 0 Å². The fourth-order valence-electron chi connectivity index (χ4n) is 2.01. The van der Waals surface area contributed by atoms with Crippen LogP contribution in [0.3, 0.4) is 0 Å². The van der Waals surface area contributed by atoms with Gasteiger partial charge in [0.15, 0.2) is 5.16 Å². The molecule has 20 heavy (non-hydrogen) atoms. The van der Waals surface area contributed by atoms with Crippen molar-refractivity contribution in [2.45, 2.75) is 11.6 Å². The Morgan fingerprint density at radius 3 is 2.80 bits per heavy atom. The van der Waals surface area contributed by atoms with Crippen LogP contribution in [0.15, 0.2) is 11.2 Å². The maximum absolute atomic E-state index is 12.0. The minimum Gasteiger partial charge on any atom is -0.296 e. The van der Waals surface area contributed by atoms with Gasteiger partial charge in [-0.3, -0.25) is 9.69 Å². The van der Waals surface area contributed by atoms with E-state index in [1.165, 1.54) is 22.7 Å². The number of aromatic nitrogens is 2. The van der Waals surface area contributed by atoms with Crippen LogP contribution in [0.2, 0.25) is 5.15 Å². The third-order valence-corrected chi connectivity index (χ3v) is 4.75. The highest BCUT2D eigenvalue weighted by Gasteiger charge is 2.34. The van der Waals surface area contributed by atoms with Gasteiger partial charge in [-0.2, -0.15) is 0 Å². The zero-order valence-corrected chi connectivity index (χ0v) is 13.6. The Labute approximate surface area is 130 Å². The molecular formula is C10H11Cl2N3O3S2. The zero-order valence-electron chi connectivity index (χ0n) is 10.4. The van der Waals surface area contributed by atoms with Crippen molar-refractivity contribution in [3.8, 4) is 0 Å². The molecule has 0 aromatic carbocycles. The Bertz CT molecular complexity index is 639. The Morgan fingerprint density at radius 1 is 1.50 bits per heavy atom. The number of carbonyl (C=O) groups is 1. The molecule has 1 aromatic heterocycles. The maximum atomic E-state index is 12.0. The summed E-state index contributed by atoms with van der Waals surface area (Å²) >= 11 is 7.18. The lowest BCUT2D eigenvalue weighted by molar-refractivity contribution is -0.117. The van der Waals surface area contributed by atoms with Crippen LogP contribution in [-0.2, 0) is 13.8 Å². The van der Waals surface area contributed by atoms with Gasteiger partial charge in [0.25, 0.3) is 0 Å². The van der Waals surface area contributed by atoms with Gasteiger partial charge in [-0.1, -0.05) is 23.4 Å². The molecule has 2 heterocycles. The minimum absolute atomic E-state index is 0.127. The van der Waals surface area contributed by atoms with E-state index >= 15 is 0 Å². The van der Waals surface area contributed by atoms with E-state index < -0.39 is 9.05 Å². The number of anilines is 1. The Kier molecular flexibility index (Phi) is 4.78. The molecule has 0 N–H and O–H groups in total. The van der Waals surface area contributed by atoms with Crippen molar-refractivity contribution in [3.05, 3.63) is 11.2 Å². The smallest absolute Gasteiger partial charge is 0.232 e. The monoisotopic (exact) mass is 355 g/mol. The number of thioether (sulfide) groups is 1. The van der Waals surface area contributed by atoms with Gasteiger partial charge in [0.2, 0.25) is 15.0 Å². The standard InChI is InChI=1S/C10H11Cl2N3O3S2/c1-19-10-13-7(11)3-8(14-10)15-4-6(2-9(15)16)5-20(12,17)18/h3,6H,2,4-5H2,1H3. The highest BCUT2D eigenvalue weighted by molar-refractivity contribution is 8.13. The first-order chi connectivity index (χ1) is 9.28. The number of hydrogen-bond donors (Lipinski definition) is 0. The topological polar surface area (TPSA) is 80.2 Å². The molecule has 0 spiro atoms. The molecule has 10 heteroatoms. The molecule has 0 radical (unpaired) electrons. The number of hydrogen-bond acceptors (Lipinski definition) is 6. The summed E-state index contributed by atoms with van der Waals surface area (Å²) in [6.07, 6.45) is 1.92. The first kappa shape index (κ1) is 15.8. The average Bonchev–Trinajstić information content (AvgIpc) is 2.66. The van der Waals surface area contributed by atoms with Crippen LogP contribution in [0.25, 0.3) is 0 Å². The highest BCUT2D eigenvalue weighted by atomic mass is 35.7. The molecule has 110 valence electrons. The fourth-order valence-corrected chi connectivity index (χ4v) is 3.93. The molecule has 0 aliphatic carbocycles. The molecule has 1 aromatic rings. The highest BCUT2D eigenvalue weighted by Crippen LogP contribution is 2.27. The second-order valence-electron chi connectivity index (χ2n) is 4.32. The Morgan fingerprint density at radius 2 is 2.20 bits per heavy atom. The summed E-state index contributed by atoms with van der Waals surface area (Å²) in [6.45, 7) is 0.256. The summed E-state index contributed by atoms with van der Waals surface area (Å²) < 4.78 is 22.2. The molecule has 1 aliphatic rings. The third-order valence-electron chi connectivity index (χ3n) is 2.76. The SMILES string of the molecule is CSc1nc(Cl)cc(N2CC(CS(=O)(=O)Cl)CC2=O)n1. The maximum Gasteiger partial charge on any atom is 0.232 e. The van der Waals surface area contributed by atoms with Crippen LogP contribution >= 0.6 is 34.0 Å². The fraction of sp³-hybridized carbons (Fsp3) is 0.500. The van der Waals surface area contributed by atoms with E-state index in [-0.39, 0.29) is 35.7 Å². The van der Waals surface area contributed by atoms with Crippen LogP contribution in [0.5, 0.6) is 0 Å². The van der Waals surface area contributed by atoms with E-state index in [1.807, 2.05) is 0 Å². The molecule has 0 saturated carbocycles. The van der Waals surface area contributed by atoms with Gasteiger partial charge in [0, 0.05) is 35.6 Å². The first-order valence-corrected chi connectivity index (χ1v) is 9.68. The number of halogens is 2. The lowest BCUT2D eigenvalue weighted by Gasteiger charge is -2.16. The normalized spacial score (nSPS) is 19.6. The third kappa shape index (κ3) is 3.97. The predicted molar refractivity (Wildman–Crippen MR) is 78.9 cm³/mol. The van der Waals surface area contributed by atoms with Crippen molar-refractivity contribution in [1.82, 2.24) is 9.97 Å². The summed E-state index contributed by atoms with van der Waals surface area (Å²) in [5.41, 5.74) is 0. The summed E-state index contributed by atoms with van der Waals surface area (Å²) in [7, 11) is 1.59. The number of carbonyl (C=O) groups excluding carboxylic acids is 1. The summed E-state index contributed by atoms with van der Waals surface area (Å²) in [5, 5.41) is 0.689. The molecule has 1 unspecified atom stereocenters. The Hall–Kier alpha value is -0.570. The van der Waals surface area contributed by atoms with E-state index in [2.05, 4.69) is 9.97 Å². The molecule has 1 aliphatic heterocycles. The molecule has 6 nitrogen and oxygen atoms in total. The molecule has 1 atom stereocenters. The lowest BCUT2D eigenvalue weighted by atomic mass is 10.1. The summed E-state index contributed by atoms with van der Waals surface area (Å²) in [4.78, 5) is 21.6. The average molecular weight is 356 g/mol. The molecule has 1 fully saturated rings. The van der Waals surface area contributed by atoms with Gasteiger partial charge in [0.1, 0.15) is 11.0 Å². The molecule has 1 saturated heterocycles. The van der Waals surface area contributed by atoms with Crippen molar-refractivity contribution >= 4 is 54.8 Å². The lowest BCUT2D eigenvalue weighted by Crippen LogP contribution is -2.26. The van der Waals surface area contributed by atoms with Crippen LogP contribution in [0.4, 0.5) is 5.82 Å². The zero-order chi connectivity index (χ0) is 14.9. The van der Waals surface area contributed by atoms with Gasteiger partial charge in [0.05, 0.1) is 5.75 Å². The molecule has 2 rings (SSSR count). The van der Waals surface area contributed by atoms with Gasteiger partial charge < -0.3 is 0 Å². The van der Waals surface area contributed by atoms with Crippen LogP contribution < -0.4 is 4.90 Å². The second-order valence-corrected chi connectivity index (χ2v) is 8.30. The van der Waals surface area contributed by atoms with Crippen LogP contribution in [-0.4, -0.2) is 42.8 Å². The number of nitrogens with zero attached hydrogens (tertiary/aromatic N) is 3. The largest absolute Gasteiger partial charge is 0.296 e. The van der Waals surface area contributed by atoms with E-state index in [1.54, 1.807) is 6.26 Å². The number of rotatable bonds is 4. The van der Waals surface area contributed by atoms with Crippen molar-refractivity contribution in [1.29, 1.82) is 0 Å². The van der Waals surface area contributed by atoms with Gasteiger partial charge in [-0.25, -0.2) is 18.4 Å². The van der Waals surface area contributed by atoms with E-state index in [0.717, 1.165) is 0 Å². The van der Waals surface area contributed by atoms with E-state index in [0.29, 0.717) is 11.0 Å². The summed E-state index contributed by atoms with van der Waals surface area (Å²) in [5.74, 6) is -0.382. The van der Waals surface area contributed by atoms with Crippen molar-refractivity contribution in [2.75, 3.05) is 23.5 Å². The molecule has 1 amide bonds. The van der Waals surface area contributed by atoms with Crippen LogP contribution in [0.1, 0.15) is 6.42 Å². The minimum atomic E-state index is -3.63. The van der Waals surface area contributed by atoms with E-state index in [9.17, 15) is 13.2 Å². The van der Waals surface area contributed by atoms with Crippen molar-refractivity contribution in [3.63, 3.8) is 0 Å².